The summed E-state index contributed by atoms with van der Waals surface area (Å²) in [6.07, 6.45) is 13.8. The number of anilines is 2. The van der Waals surface area contributed by atoms with Crippen molar-refractivity contribution in [3.05, 3.63) is 12.1 Å². The van der Waals surface area contributed by atoms with Gasteiger partial charge in [-0.25, -0.2) is 9.97 Å². The Hall–Kier alpha value is -2.22. The maximum atomic E-state index is 13.7. The minimum Gasteiger partial charge on any atom is -0.299 e. The van der Waals surface area contributed by atoms with Crippen molar-refractivity contribution in [3.8, 4) is 0 Å². The number of carbonyl (C=O) groups excluding carboxylic acids is 2. The highest BCUT2D eigenvalue weighted by Gasteiger charge is 2.35. The lowest BCUT2D eigenvalue weighted by atomic mass is 10.1. The first-order valence-electron chi connectivity index (χ1n) is 16.9. The van der Waals surface area contributed by atoms with Crippen molar-refractivity contribution < 1.29 is 9.59 Å². The summed E-state index contributed by atoms with van der Waals surface area (Å²) in [5.74, 6) is 0.0736. The van der Waals surface area contributed by atoms with Crippen LogP contribution in [0.2, 0.25) is 0 Å². The molecule has 6 heterocycles. The van der Waals surface area contributed by atoms with Crippen molar-refractivity contribution in [2.45, 2.75) is 89.4 Å². The molecular weight excluding hydrogens is 593 g/mol. The standard InChI is InChI=1S/C32H46N8O2S2/c41-27(29(37-13-5-1-6-14-37)38-15-7-2-8-16-38)35-31-33-23-21-24-26(22-25(23)43-31)44-32(34-24)36-28(42)30(39-17-9-3-10-18-39)40-19-11-4-12-20-40/h21-22,29-30H,1-20H2,(H,33,35,41)(H,34,36,42). The summed E-state index contributed by atoms with van der Waals surface area (Å²) < 4.78 is 2.03. The third-order valence-corrected chi connectivity index (χ3v) is 11.6. The van der Waals surface area contributed by atoms with Crippen LogP contribution in [0.5, 0.6) is 0 Å². The molecule has 44 heavy (non-hydrogen) atoms. The predicted molar refractivity (Wildman–Crippen MR) is 179 cm³/mol. The monoisotopic (exact) mass is 638 g/mol. The minimum absolute atomic E-state index is 0.0368. The lowest BCUT2D eigenvalue weighted by Gasteiger charge is -2.41. The highest BCUT2D eigenvalue weighted by atomic mass is 32.1. The van der Waals surface area contributed by atoms with Gasteiger partial charge in [-0.2, -0.15) is 0 Å². The van der Waals surface area contributed by atoms with E-state index in [1.165, 1.54) is 48.4 Å². The molecule has 2 aromatic heterocycles. The molecule has 10 nitrogen and oxygen atoms in total. The number of nitrogens with one attached hydrogen (secondary N) is 2. The number of fused-ring (bicyclic) bond motifs is 2. The van der Waals surface area contributed by atoms with Gasteiger partial charge in [0.1, 0.15) is 12.3 Å². The molecule has 0 saturated carbocycles. The zero-order chi connectivity index (χ0) is 29.9. The number of piperidine rings is 4. The van der Waals surface area contributed by atoms with E-state index in [2.05, 4.69) is 36.3 Å². The van der Waals surface area contributed by atoms with Gasteiger partial charge in [-0.3, -0.25) is 39.8 Å². The number of rotatable bonds is 8. The van der Waals surface area contributed by atoms with Gasteiger partial charge >= 0.3 is 0 Å². The quantitative estimate of drug-likeness (QED) is 0.340. The Morgan fingerprint density at radius 1 is 0.523 bits per heavy atom. The Kier molecular flexibility index (Phi) is 9.72. The number of carbonyl (C=O) groups is 2. The number of benzene rings is 1. The first kappa shape index (κ1) is 30.4. The van der Waals surface area contributed by atoms with Gasteiger partial charge < -0.3 is 0 Å². The second-order valence-corrected chi connectivity index (χ2v) is 15.0. The highest BCUT2D eigenvalue weighted by molar-refractivity contribution is 7.24. The molecule has 238 valence electrons. The summed E-state index contributed by atoms with van der Waals surface area (Å²) in [7, 11) is 0. The van der Waals surface area contributed by atoms with Crippen LogP contribution in [0.4, 0.5) is 10.3 Å². The SMILES string of the molecule is O=C(Nc1nc2cc3nc(NC(=O)C(N4CCCCC4)N4CCCCC4)sc3cc2s1)C(N1CCCCC1)N1CCCCC1. The second-order valence-electron chi connectivity index (χ2n) is 12.9. The number of nitrogens with zero attached hydrogens (tertiary/aromatic N) is 6. The van der Waals surface area contributed by atoms with E-state index in [1.54, 1.807) is 0 Å². The van der Waals surface area contributed by atoms with E-state index in [-0.39, 0.29) is 24.1 Å². The normalized spacial score (nSPS) is 21.9. The maximum absolute atomic E-state index is 13.7. The summed E-state index contributed by atoms with van der Waals surface area (Å²) >= 11 is 3.03. The molecule has 0 radical (unpaired) electrons. The van der Waals surface area contributed by atoms with Gasteiger partial charge in [-0.1, -0.05) is 48.4 Å². The van der Waals surface area contributed by atoms with E-state index in [9.17, 15) is 9.59 Å². The molecule has 4 saturated heterocycles. The molecular formula is C32H46N8O2S2. The van der Waals surface area contributed by atoms with Gasteiger partial charge in [0, 0.05) is 52.4 Å². The Morgan fingerprint density at radius 2 is 0.841 bits per heavy atom. The van der Waals surface area contributed by atoms with Crippen LogP contribution in [0.3, 0.4) is 0 Å². The first-order chi connectivity index (χ1) is 21.6. The minimum atomic E-state index is -0.224. The molecule has 4 aliphatic rings. The van der Waals surface area contributed by atoms with Crippen LogP contribution in [-0.2, 0) is 9.59 Å². The Balaban J connectivity index is 1.06. The van der Waals surface area contributed by atoms with Gasteiger partial charge in [0.2, 0.25) is 0 Å². The van der Waals surface area contributed by atoms with E-state index < -0.39 is 0 Å². The van der Waals surface area contributed by atoms with Crippen LogP contribution >= 0.6 is 22.7 Å². The van der Waals surface area contributed by atoms with Crippen LogP contribution < -0.4 is 10.6 Å². The Labute approximate surface area is 268 Å². The third kappa shape index (κ3) is 6.80. The molecule has 0 aliphatic carbocycles. The molecule has 7 rings (SSSR count). The molecule has 0 unspecified atom stereocenters. The highest BCUT2D eigenvalue weighted by Crippen LogP contribution is 2.35. The zero-order valence-electron chi connectivity index (χ0n) is 25.8. The summed E-state index contributed by atoms with van der Waals surface area (Å²) in [5, 5.41) is 7.65. The van der Waals surface area contributed by atoms with Crippen LogP contribution in [0.15, 0.2) is 12.1 Å². The number of likely N-dealkylation sites (tertiary alicyclic amines) is 4. The molecule has 0 atom stereocenters. The topological polar surface area (TPSA) is 96.9 Å². The molecule has 3 aromatic rings. The largest absolute Gasteiger partial charge is 0.299 e. The van der Waals surface area contributed by atoms with Crippen LogP contribution in [0, 0.1) is 0 Å². The number of thiazole rings is 2. The van der Waals surface area contributed by atoms with Crippen molar-refractivity contribution in [3.63, 3.8) is 0 Å². The van der Waals surface area contributed by atoms with Gasteiger partial charge in [-0.15, -0.1) is 0 Å². The fraction of sp³-hybridized carbons (Fsp3) is 0.688. The lowest BCUT2D eigenvalue weighted by Crippen LogP contribution is -2.57. The lowest BCUT2D eigenvalue weighted by molar-refractivity contribution is -0.130. The van der Waals surface area contributed by atoms with Crippen molar-refractivity contribution in [1.29, 1.82) is 0 Å². The van der Waals surface area contributed by atoms with E-state index in [4.69, 9.17) is 9.97 Å². The number of hydrogen-bond donors (Lipinski definition) is 2. The maximum Gasteiger partial charge on any atom is 0.258 e. The van der Waals surface area contributed by atoms with Crippen LogP contribution in [0.1, 0.15) is 77.0 Å². The molecule has 4 fully saturated rings. The van der Waals surface area contributed by atoms with Crippen molar-refractivity contribution >= 4 is 65.2 Å². The van der Waals surface area contributed by atoms with Crippen molar-refractivity contribution in [1.82, 2.24) is 29.6 Å². The number of hydrogen-bond acceptors (Lipinski definition) is 10. The van der Waals surface area contributed by atoms with Crippen molar-refractivity contribution in [2.75, 3.05) is 63.0 Å². The Morgan fingerprint density at radius 3 is 1.16 bits per heavy atom. The zero-order valence-corrected chi connectivity index (χ0v) is 27.4. The summed E-state index contributed by atoms with van der Waals surface area (Å²) in [5.41, 5.74) is 1.65. The predicted octanol–water partition coefficient (Wildman–Crippen LogP) is 5.38. The average molecular weight is 639 g/mol. The van der Waals surface area contributed by atoms with E-state index in [1.807, 2.05) is 6.07 Å². The number of amides is 2. The molecule has 1 aromatic carbocycles. The van der Waals surface area contributed by atoms with E-state index >= 15 is 0 Å². The Bertz CT molecular complexity index is 1240. The molecule has 2 N–H and O–H groups in total. The third-order valence-electron chi connectivity index (χ3n) is 9.77. The second kappa shape index (κ2) is 14.0. The van der Waals surface area contributed by atoms with Gasteiger partial charge in [0.05, 0.1) is 20.4 Å². The number of aromatic nitrogens is 2. The molecule has 12 heteroatoms. The molecule has 0 spiro atoms. The molecule has 4 aliphatic heterocycles. The first-order valence-corrected chi connectivity index (χ1v) is 18.5. The summed E-state index contributed by atoms with van der Waals surface area (Å²) in [4.78, 5) is 46.5. The van der Waals surface area contributed by atoms with Gasteiger partial charge in [-0.05, 0) is 63.5 Å². The van der Waals surface area contributed by atoms with Gasteiger partial charge in [0.25, 0.3) is 11.8 Å². The van der Waals surface area contributed by atoms with E-state index in [0.29, 0.717) is 10.3 Å². The molecule has 0 bridgehead atoms. The van der Waals surface area contributed by atoms with Gasteiger partial charge in [0.15, 0.2) is 10.3 Å². The van der Waals surface area contributed by atoms with Crippen molar-refractivity contribution in [2.24, 2.45) is 0 Å². The summed E-state index contributed by atoms with van der Waals surface area (Å²) in [6.45, 7) is 7.83. The molecule has 2 amide bonds. The summed E-state index contributed by atoms with van der Waals surface area (Å²) in [6, 6.07) is 4.09. The average Bonchev–Trinajstić information content (AvgIpc) is 3.63. The fourth-order valence-electron chi connectivity index (χ4n) is 7.57. The fourth-order valence-corrected chi connectivity index (χ4v) is 9.43. The smallest absolute Gasteiger partial charge is 0.258 e. The van der Waals surface area contributed by atoms with E-state index in [0.717, 1.165) is 124 Å². The van der Waals surface area contributed by atoms with Crippen LogP contribution in [-0.4, -0.2) is 106 Å². The van der Waals surface area contributed by atoms with Crippen LogP contribution in [0.25, 0.3) is 20.4 Å².